The van der Waals surface area contributed by atoms with E-state index in [4.69, 9.17) is 0 Å². The molecule has 0 fully saturated rings. The van der Waals surface area contributed by atoms with E-state index < -0.39 is 0 Å². The molecule has 0 aliphatic rings. The molecule has 0 amide bonds. The second-order valence-electron chi connectivity index (χ2n) is 7.16. The molecule has 0 atom stereocenters. The Hall–Kier alpha value is -2.75. The first kappa shape index (κ1) is 24.5. The molecule has 1 radical (unpaired) electrons. The SMILES string of the molecule is Cc1[c-]c(-c2ccccn2)cc(C)c1F.Cc1cc(-c2ccccn2)cc(C)c1F.[Ir]. The molecule has 0 N–H and O–H groups in total. The number of hydrogen-bond acceptors (Lipinski definition) is 2. The molecule has 4 aromatic rings. The molecule has 0 unspecified atom stereocenters. The Morgan fingerprint density at radius 2 is 1.19 bits per heavy atom. The van der Waals surface area contributed by atoms with Crippen LogP contribution >= 0.6 is 0 Å². The minimum Gasteiger partial charge on any atom is -0.305 e. The molecular weight excluding hydrogens is 571 g/mol. The van der Waals surface area contributed by atoms with Gasteiger partial charge in [-0.25, -0.2) is 4.39 Å². The van der Waals surface area contributed by atoms with Gasteiger partial charge in [-0.05, 0) is 61.0 Å². The molecule has 161 valence electrons. The summed E-state index contributed by atoms with van der Waals surface area (Å²) in [6.45, 7) is 7.01. The third kappa shape index (κ3) is 6.13. The monoisotopic (exact) mass is 594 g/mol. The van der Waals surface area contributed by atoms with Gasteiger partial charge in [-0.3, -0.25) is 9.37 Å². The predicted octanol–water partition coefficient (Wildman–Crippen LogP) is 6.81. The Bertz CT molecular complexity index is 1010. The van der Waals surface area contributed by atoms with Crippen LogP contribution in [0.2, 0.25) is 0 Å². The average molecular weight is 594 g/mol. The minimum atomic E-state index is -0.185. The fraction of sp³-hybridized carbons (Fsp3) is 0.154. The van der Waals surface area contributed by atoms with E-state index in [1.165, 1.54) is 0 Å². The summed E-state index contributed by atoms with van der Waals surface area (Å²) in [4.78, 5) is 8.45. The van der Waals surface area contributed by atoms with E-state index in [0.717, 1.165) is 22.5 Å². The van der Waals surface area contributed by atoms with Crippen LogP contribution in [0, 0.1) is 45.4 Å². The Morgan fingerprint density at radius 1 is 0.677 bits per heavy atom. The van der Waals surface area contributed by atoms with Crippen LogP contribution < -0.4 is 0 Å². The molecule has 2 nitrogen and oxygen atoms in total. The molecule has 31 heavy (non-hydrogen) atoms. The van der Waals surface area contributed by atoms with Crippen molar-refractivity contribution in [3.8, 4) is 22.5 Å². The normalized spacial score (nSPS) is 10.0. The maximum atomic E-state index is 13.4. The van der Waals surface area contributed by atoms with Gasteiger partial charge in [0.2, 0.25) is 0 Å². The van der Waals surface area contributed by atoms with Crippen molar-refractivity contribution in [1.29, 1.82) is 0 Å². The zero-order valence-corrected chi connectivity index (χ0v) is 20.2. The van der Waals surface area contributed by atoms with Gasteiger partial charge >= 0.3 is 0 Å². The van der Waals surface area contributed by atoms with Crippen LogP contribution in [0.3, 0.4) is 0 Å². The van der Waals surface area contributed by atoms with Crippen LogP contribution in [0.25, 0.3) is 22.5 Å². The van der Waals surface area contributed by atoms with Crippen molar-refractivity contribution in [1.82, 2.24) is 9.97 Å². The summed E-state index contributed by atoms with van der Waals surface area (Å²) in [6.07, 6.45) is 3.46. The van der Waals surface area contributed by atoms with Crippen LogP contribution in [0.15, 0.2) is 67.0 Å². The molecule has 4 rings (SSSR count). The van der Waals surface area contributed by atoms with Gasteiger partial charge in [-0.2, -0.15) is 0 Å². The molecule has 0 saturated heterocycles. The summed E-state index contributed by atoms with van der Waals surface area (Å²) in [7, 11) is 0. The number of hydrogen-bond donors (Lipinski definition) is 0. The van der Waals surface area contributed by atoms with Crippen molar-refractivity contribution in [2.24, 2.45) is 0 Å². The van der Waals surface area contributed by atoms with Crippen LogP contribution in [0.1, 0.15) is 22.3 Å². The van der Waals surface area contributed by atoms with E-state index in [1.807, 2.05) is 48.5 Å². The van der Waals surface area contributed by atoms with E-state index >= 15 is 0 Å². The number of pyridine rings is 2. The summed E-state index contributed by atoms with van der Waals surface area (Å²) >= 11 is 0. The van der Waals surface area contributed by atoms with Crippen LogP contribution in [-0.2, 0) is 20.1 Å². The molecule has 2 aromatic heterocycles. The van der Waals surface area contributed by atoms with Crippen LogP contribution in [-0.4, -0.2) is 9.97 Å². The molecule has 2 aromatic carbocycles. The number of nitrogens with zero attached hydrogens (tertiary/aromatic N) is 2. The van der Waals surface area contributed by atoms with Gasteiger partial charge in [-0.15, -0.1) is 17.7 Å². The predicted molar refractivity (Wildman–Crippen MR) is 117 cm³/mol. The molecule has 0 aliphatic heterocycles. The zero-order valence-electron chi connectivity index (χ0n) is 17.8. The summed E-state index contributed by atoms with van der Waals surface area (Å²) < 4.78 is 26.8. The maximum absolute atomic E-state index is 13.4. The van der Waals surface area contributed by atoms with Crippen molar-refractivity contribution < 1.29 is 28.9 Å². The molecule has 2 heterocycles. The van der Waals surface area contributed by atoms with Gasteiger partial charge in [0.05, 0.1) is 5.69 Å². The number of aryl methyl sites for hydroxylation is 4. The maximum Gasteiger partial charge on any atom is 0.129 e. The number of halogens is 2. The molecule has 0 spiro atoms. The largest absolute Gasteiger partial charge is 0.305 e. The van der Waals surface area contributed by atoms with Gasteiger partial charge < -0.3 is 4.98 Å². The summed E-state index contributed by atoms with van der Waals surface area (Å²) in [5.74, 6) is -0.315. The molecule has 0 saturated carbocycles. The Kier molecular flexibility index (Phi) is 8.73. The first-order valence-corrected chi connectivity index (χ1v) is 9.65. The quantitative estimate of drug-likeness (QED) is 0.239. The van der Waals surface area contributed by atoms with Gasteiger partial charge in [0, 0.05) is 43.9 Å². The van der Waals surface area contributed by atoms with E-state index in [0.29, 0.717) is 22.3 Å². The number of rotatable bonds is 2. The van der Waals surface area contributed by atoms with Crippen molar-refractivity contribution in [2.45, 2.75) is 27.7 Å². The Morgan fingerprint density at radius 3 is 1.68 bits per heavy atom. The van der Waals surface area contributed by atoms with E-state index in [2.05, 4.69) is 16.0 Å². The Labute approximate surface area is 195 Å². The van der Waals surface area contributed by atoms with Crippen molar-refractivity contribution in [3.05, 3.63) is 107 Å². The van der Waals surface area contributed by atoms with Gasteiger partial charge in [0.25, 0.3) is 0 Å². The van der Waals surface area contributed by atoms with Gasteiger partial charge in [0.15, 0.2) is 0 Å². The van der Waals surface area contributed by atoms with Crippen molar-refractivity contribution in [3.63, 3.8) is 0 Å². The van der Waals surface area contributed by atoms with E-state index in [-0.39, 0.29) is 31.7 Å². The van der Waals surface area contributed by atoms with E-state index in [9.17, 15) is 8.78 Å². The van der Waals surface area contributed by atoms with Gasteiger partial charge in [0.1, 0.15) is 5.82 Å². The molecule has 0 bridgehead atoms. The summed E-state index contributed by atoms with van der Waals surface area (Å²) in [5.41, 5.74) is 6.00. The second-order valence-corrected chi connectivity index (χ2v) is 7.16. The fourth-order valence-corrected chi connectivity index (χ4v) is 3.16. The van der Waals surface area contributed by atoms with Gasteiger partial charge in [-0.1, -0.05) is 43.2 Å². The number of benzene rings is 2. The third-order valence-electron chi connectivity index (χ3n) is 4.70. The first-order chi connectivity index (χ1) is 14.4. The van der Waals surface area contributed by atoms with Crippen molar-refractivity contribution >= 4 is 0 Å². The van der Waals surface area contributed by atoms with Crippen LogP contribution in [0.4, 0.5) is 8.78 Å². The molecule has 5 heteroatoms. The Balaban J connectivity index is 0.000000213. The molecular formula is C26H23F2IrN2-. The average Bonchev–Trinajstić information content (AvgIpc) is 2.77. The fourth-order valence-electron chi connectivity index (χ4n) is 3.16. The third-order valence-corrected chi connectivity index (χ3v) is 4.70. The minimum absolute atomic E-state index is 0. The smallest absolute Gasteiger partial charge is 0.129 e. The summed E-state index contributed by atoms with van der Waals surface area (Å²) in [5, 5.41) is 0. The van der Waals surface area contributed by atoms with Crippen LogP contribution in [0.5, 0.6) is 0 Å². The number of aromatic nitrogens is 2. The first-order valence-electron chi connectivity index (χ1n) is 9.65. The second kappa shape index (κ2) is 11.0. The standard InChI is InChI=1S/C13H12FN.C13H11FN.Ir/c2*1-9-7-11(8-10(2)13(9)14)12-5-3-4-6-15-12;/h3-8H,1-2H3;3-7H,1-2H3;/q;-1;. The summed E-state index contributed by atoms with van der Waals surface area (Å²) in [6, 6.07) is 19.8. The zero-order chi connectivity index (χ0) is 21.7. The van der Waals surface area contributed by atoms with E-state index in [1.54, 1.807) is 46.2 Å². The molecule has 0 aliphatic carbocycles. The topological polar surface area (TPSA) is 25.8 Å². The van der Waals surface area contributed by atoms with Crippen molar-refractivity contribution in [2.75, 3.05) is 0 Å².